The summed E-state index contributed by atoms with van der Waals surface area (Å²) in [7, 11) is 1.95. The van der Waals surface area contributed by atoms with Crippen LogP contribution in [0.25, 0.3) is 0 Å². The van der Waals surface area contributed by atoms with Crippen LogP contribution in [0.5, 0.6) is 0 Å². The van der Waals surface area contributed by atoms with Crippen LogP contribution < -0.4 is 11.1 Å². The highest BCUT2D eigenvalue weighted by Crippen LogP contribution is 2.21. The minimum Gasteiger partial charge on any atom is -0.395 e. The molecule has 0 aromatic carbocycles. The Morgan fingerprint density at radius 1 is 1.72 bits per heavy atom. The molecule has 1 aromatic heterocycles. The van der Waals surface area contributed by atoms with E-state index < -0.39 is 0 Å². The molecular weight excluding hydrogens is 252 g/mol. The van der Waals surface area contributed by atoms with Crippen LogP contribution in [0.3, 0.4) is 0 Å². The summed E-state index contributed by atoms with van der Waals surface area (Å²) in [6, 6.07) is 0.199. The lowest BCUT2D eigenvalue weighted by Crippen LogP contribution is -2.36. The zero-order chi connectivity index (χ0) is 13.3. The second-order valence-electron chi connectivity index (χ2n) is 4.65. The lowest BCUT2D eigenvalue weighted by molar-refractivity contribution is 0.0941. The van der Waals surface area contributed by atoms with Gasteiger partial charge in [-0.25, -0.2) is 4.98 Å². The number of nitrogen functional groups attached to an aromatic ring is 1. The van der Waals surface area contributed by atoms with Gasteiger partial charge in [-0.05, 0) is 20.4 Å². The van der Waals surface area contributed by atoms with Gasteiger partial charge in [0.05, 0.1) is 12.3 Å². The fourth-order valence-corrected chi connectivity index (χ4v) is 3.01. The van der Waals surface area contributed by atoms with Crippen molar-refractivity contribution in [2.75, 3.05) is 25.9 Å². The molecule has 6 nitrogen and oxygen atoms in total. The van der Waals surface area contributed by atoms with Crippen molar-refractivity contribution >= 4 is 22.4 Å². The van der Waals surface area contributed by atoms with E-state index in [0.717, 1.165) is 13.0 Å². The van der Waals surface area contributed by atoms with Crippen molar-refractivity contribution in [3.05, 3.63) is 10.6 Å². The van der Waals surface area contributed by atoms with Gasteiger partial charge < -0.3 is 16.2 Å². The number of amides is 1. The van der Waals surface area contributed by atoms with Gasteiger partial charge in [-0.3, -0.25) is 9.69 Å². The third kappa shape index (κ3) is 2.63. The van der Waals surface area contributed by atoms with Gasteiger partial charge in [0.1, 0.15) is 4.88 Å². The molecule has 4 N–H and O–H groups in total. The molecule has 0 saturated carbocycles. The smallest absolute Gasteiger partial charge is 0.263 e. The van der Waals surface area contributed by atoms with Crippen molar-refractivity contribution in [1.29, 1.82) is 0 Å². The van der Waals surface area contributed by atoms with Gasteiger partial charge in [0.25, 0.3) is 5.91 Å². The first-order chi connectivity index (χ1) is 8.51. The maximum Gasteiger partial charge on any atom is 0.263 e. The van der Waals surface area contributed by atoms with Crippen molar-refractivity contribution in [2.45, 2.75) is 25.4 Å². The SMILES string of the molecule is Cc1nc(N)sc1C(=O)N[C@@H]1C[C@@H](CO)N(C)C1. The summed E-state index contributed by atoms with van der Waals surface area (Å²) >= 11 is 1.20. The predicted octanol–water partition coefficient (Wildman–Crippen LogP) is -0.171. The van der Waals surface area contributed by atoms with E-state index in [2.05, 4.69) is 15.2 Å². The standard InChI is InChI=1S/C11H18N4O2S/c1-6-9(18-11(12)13-6)10(17)14-7-3-8(5-16)15(2)4-7/h7-8,16H,3-5H2,1-2H3,(H2,12,13)(H,14,17)/t7-,8+/m1/s1. The summed E-state index contributed by atoms with van der Waals surface area (Å²) in [5, 5.41) is 12.6. The summed E-state index contributed by atoms with van der Waals surface area (Å²) < 4.78 is 0. The minimum atomic E-state index is -0.126. The lowest BCUT2D eigenvalue weighted by atomic mass is 10.2. The first-order valence-corrected chi connectivity index (χ1v) is 6.67. The Balaban J connectivity index is 1.99. The predicted molar refractivity (Wildman–Crippen MR) is 70.6 cm³/mol. The van der Waals surface area contributed by atoms with Crippen LogP contribution in [-0.4, -0.2) is 53.2 Å². The molecule has 1 saturated heterocycles. The number of hydrogen-bond acceptors (Lipinski definition) is 6. The molecule has 2 heterocycles. The summed E-state index contributed by atoms with van der Waals surface area (Å²) in [6.07, 6.45) is 0.770. The molecule has 0 spiro atoms. The highest BCUT2D eigenvalue weighted by molar-refractivity contribution is 7.17. The summed E-state index contributed by atoms with van der Waals surface area (Å²) in [5.41, 5.74) is 6.24. The molecule has 0 bridgehead atoms. The van der Waals surface area contributed by atoms with Crippen molar-refractivity contribution in [2.24, 2.45) is 0 Å². The number of carbonyl (C=O) groups excluding carboxylic acids is 1. The monoisotopic (exact) mass is 270 g/mol. The Hall–Kier alpha value is -1.18. The van der Waals surface area contributed by atoms with Crippen LogP contribution in [0.2, 0.25) is 0 Å². The minimum absolute atomic E-state index is 0.0716. The Bertz CT molecular complexity index is 448. The number of aryl methyl sites for hydroxylation is 1. The van der Waals surface area contributed by atoms with Gasteiger partial charge >= 0.3 is 0 Å². The first kappa shape index (κ1) is 13.3. The van der Waals surface area contributed by atoms with Crippen molar-refractivity contribution in [3.8, 4) is 0 Å². The molecular formula is C11H18N4O2S. The number of aromatic nitrogens is 1. The highest BCUT2D eigenvalue weighted by Gasteiger charge is 2.30. The molecule has 0 aliphatic carbocycles. The number of likely N-dealkylation sites (N-methyl/N-ethyl adjacent to an activating group) is 1. The van der Waals surface area contributed by atoms with Gasteiger partial charge in [-0.1, -0.05) is 11.3 Å². The summed E-state index contributed by atoms with van der Waals surface area (Å²) in [4.78, 5) is 18.7. The summed E-state index contributed by atoms with van der Waals surface area (Å²) in [6.45, 7) is 2.65. The number of likely N-dealkylation sites (tertiary alicyclic amines) is 1. The number of rotatable bonds is 3. The number of anilines is 1. The second kappa shape index (κ2) is 5.21. The van der Waals surface area contributed by atoms with Crippen LogP contribution in [-0.2, 0) is 0 Å². The molecule has 2 rings (SSSR count). The Kier molecular flexibility index (Phi) is 3.84. The highest BCUT2D eigenvalue weighted by atomic mass is 32.1. The molecule has 18 heavy (non-hydrogen) atoms. The number of nitrogens with one attached hydrogen (secondary N) is 1. The number of aliphatic hydroxyl groups excluding tert-OH is 1. The van der Waals surface area contributed by atoms with E-state index in [1.807, 2.05) is 7.05 Å². The van der Waals surface area contributed by atoms with Gasteiger partial charge in [-0.2, -0.15) is 0 Å². The fourth-order valence-electron chi connectivity index (χ4n) is 2.28. The first-order valence-electron chi connectivity index (χ1n) is 5.86. The van der Waals surface area contributed by atoms with Gasteiger partial charge in [0.2, 0.25) is 0 Å². The zero-order valence-electron chi connectivity index (χ0n) is 10.5. The van der Waals surface area contributed by atoms with Crippen molar-refractivity contribution < 1.29 is 9.90 Å². The number of thiazole rings is 1. The van der Waals surface area contributed by atoms with E-state index in [1.54, 1.807) is 6.92 Å². The molecule has 1 aliphatic heterocycles. The Labute approximate surface area is 110 Å². The van der Waals surface area contributed by atoms with Crippen LogP contribution in [0.4, 0.5) is 5.13 Å². The van der Waals surface area contributed by atoms with Crippen molar-refractivity contribution in [1.82, 2.24) is 15.2 Å². The third-order valence-electron chi connectivity index (χ3n) is 3.25. The second-order valence-corrected chi connectivity index (χ2v) is 5.68. The Morgan fingerprint density at radius 2 is 2.44 bits per heavy atom. The van der Waals surface area contributed by atoms with Gasteiger partial charge in [0, 0.05) is 18.6 Å². The van der Waals surface area contributed by atoms with E-state index in [0.29, 0.717) is 15.7 Å². The molecule has 100 valence electrons. The number of aliphatic hydroxyl groups is 1. The normalized spacial score (nSPS) is 24.4. The lowest BCUT2D eigenvalue weighted by Gasteiger charge is -2.15. The summed E-state index contributed by atoms with van der Waals surface area (Å²) in [5.74, 6) is -0.126. The van der Waals surface area contributed by atoms with Gasteiger partial charge in [0.15, 0.2) is 5.13 Å². The van der Waals surface area contributed by atoms with E-state index in [9.17, 15) is 9.90 Å². The van der Waals surface area contributed by atoms with Crippen LogP contribution in [0.15, 0.2) is 0 Å². The van der Waals surface area contributed by atoms with E-state index >= 15 is 0 Å². The van der Waals surface area contributed by atoms with E-state index in [1.165, 1.54) is 11.3 Å². The molecule has 1 amide bonds. The maximum absolute atomic E-state index is 12.1. The molecule has 0 radical (unpaired) electrons. The molecule has 1 aliphatic rings. The topological polar surface area (TPSA) is 91.5 Å². The average Bonchev–Trinajstić information content (AvgIpc) is 2.81. The quantitative estimate of drug-likeness (QED) is 0.709. The number of hydrogen-bond donors (Lipinski definition) is 3. The molecule has 0 unspecified atom stereocenters. The van der Waals surface area contributed by atoms with Gasteiger partial charge in [-0.15, -0.1) is 0 Å². The third-order valence-corrected chi connectivity index (χ3v) is 4.24. The van der Waals surface area contributed by atoms with E-state index in [4.69, 9.17) is 5.73 Å². The van der Waals surface area contributed by atoms with Crippen LogP contribution in [0, 0.1) is 6.92 Å². The number of carbonyl (C=O) groups is 1. The zero-order valence-corrected chi connectivity index (χ0v) is 11.3. The molecule has 2 atom stereocenters. The molecule has 1 fully saturated rings. The van der Waals surface area contributed by atoms with Crippen LogP contribution in [0.1, 0.15) is 21.8 Å². The fraction of sp³-hybridized carbons (Fsp3) is 0.636. The molecule has 7 heteroatoms. The number of nitrogens with zero attached hydrogens (tertiary/aromatic N) is 2. The van der Waals surface area contributed by atoms with Crippen LogP contribution >= 0.6 is 11.3 Å². The van der Waals surface area contributed by atoms with E-state index in [-0.39, 0.29) is 24.6 Å². The Morgan fingerprint density at radius 3 is 2.94 bits per heavy atom. The van der Waals surface area contributed by atoms with Crippen molar-refractivity contribution in [3.63, 3.8) is 0 Å². The largest absolute Gasteiger partial charge is 0.395 e. The molecule has 1 aromatic rings. The number of nitrogens with two attached hydrogens (primary N) is 1. The average molecular weight is 270 g/mol. The maximum atomic E-state index is 12.1.